The van der Waals surface area contributed by atoms with Gasteiger partial charge in [0.2, 0.25) is 0 Å². The van der Waals surface area contributed by atoms with Gasteiger partial charge in [-0.1, -0.05) is 43.7 Å². The molecule has 0 amide bonds. The van der Waals surface area contributed by atoms with E-state index in [4.69, 9.17) is 4.74 Å². The number of benzene rings is 3. The fourth-order valence-corrected chi connectivity index (χ4v) is 4.19. The van der Waals surface area contributed by atoms with Crippen LogP contribution in [0, 0.1) is 17.5 Å². The molecule has 0 aliphatic heterocycles. The first-order chi connectivity index (χ1) is 18.2. The molecule has 0 atom stereocenters. The average molecular weight is 533 g/mol. The van der Waals surface area contributed by atoms with Crippen molar-refractivity contribution >= 4 is 10.8 Å². The minimum Gasteiger partial charge on any atom is -0.490 e. The van der Waals surface area contributed by atoms with Crippen LogP contribution < -0.4 is 4.74 Å². The van der Waals surface area contributed by atoms with Crippen molar-refractivity contribution in [1.29, 1.82) is 0 Å². The molecule has 3 nitrogen and oxygen atoms in total. The summed E-state index contributed by atoms with van der Waals surface area (Å²) in [6.45, 7) is 2.71. The lowest BCUT2D eigenvalue weighted by molar-refractivity contribution is -0.142. The van der Waals surface area contributed by atoms with Gasteiger partial charge in [0, 0.05) is 11.8 Å². The van der Waals surface area contributed by atoms with Gasteiger partial charge in [0.15, 0.2) is 5.75 Å². The number of fused-ring (bicyclic) bond motifs is 1. The maximum Gasteiger partial charge on any atom is 0.422 e. The van der Waals surface area contributed by atoms with E-state index in [0.717, 1.165) is 18.4 Å². The van der Waals surface area contributed by atoms with Gasteiger partial charge in [-0.2, -0.15) is 13.2 Å². The highest BCUT2D eigenvalue weighted by Gasteiger charge is 2.37. The van der Waals surface area contributed by atoms with E-state index in [-0.39, 0.29) is 18.4 Å². The largest absolute Gasteiger partial charge is 0.490 e. The van der Waals surface area contributed by atoms with Gasteiger partial charge in [-0.15, -0.1) is 0 Å². The summed E-state index contributed by atoms with van der Waals surface area (Å²) in [5.74, 6) is -2.52. The number of rotatable bonds is 10. The number of ether oxygens (including phenoxy) is 1. The second-order valence-corrected chi connectivity index (χ2v) is 9.06. The van der Waals surface area contributed by atoms with Gasteiger partial charge in [-0.25, -0.2) is 23.1 Å². The van der Waals surface area contributed by atoms with Crippen LogP contribution in [-0.4, -0.2) is 16.6 Å². The van der Waals surface area contributed by atoms with Crippen molar-refractivity contribution in [2.45, 2.75) is 51.6 Å². The minimum atomic E-state index is -5.13. The Balaban J connectivity index is 1.40. The molecule has 1 aromatic heterocycles. The first-order valence-electron chi connectivity index (χ1n) is 12.3. The molecule has 0 saturated carbocycles. The van der Waals surface area contributed by atoms with Crippen molar-refractivity contribution in [3.05, 3.63) is 100 Å². The van der Waals surface area contributed by atoms with E-state index in [1.165, 1.54) is 0 Å². The van der Waals surface area contributed by atoms with E-state index in [9.17, 15) is 22.0 Å². The van der Waals surface area contributed by atoms with E-state index < -0.39 is 29.2 Å². The number of halogens is 6. The van der Waals surface area contributed by atoms with Gasteiger partial charge >= 0.3 is 6.18 Å². The zero-order valence-corrected chi connectivity index (χ0v) is 20.7. The van der Waals surface area contributed by atoms with Gasteiger partial charge in [0.05, 0.1) is 19.0 Å². The number of hydrogen-bond donors (Lipinski definition) is 0. The van der Waals surface area contributed by atoms with Gasteiger partial charge in [0.1, 0.15) is 28.8 Å². The highest BCUT2D eigenvalue weighted by atomic mass is 19.4. The van der Waals surface area contributed by atoms with E-state index in [1.54, 1.807) is 30.6 Å². The van der Waals surface area contributed by atoms with Crippen LogP contribution in [0.4, 0.5) is 26.3 Å². The van der Waals surface area contributed by atoms with Crippen LogP contribution in [0.5, 0.6) is 5.75 Å². The van der Waals surface area contributed by atoms with Crippen LogP contribution in [-0.2, 0) is 31.9 Å². The monoisotopic (exact) mass is 532 g/mol. The lowest BCUT2D eigenvalue weighted by Crippen LogP contribution is -2.12. The zero-order chi connectivity index (χ0) is 27.3. The molecule has 0 fully saturated rings. The summed E-state index contributed by atoms with van der Waals surface area (Å²) >= 11 is 0. The quantitative estimate of drug-likeness (QED) is 0.154. The topological polar surface area (TPSA) is 35.0 Å². The Bertz CT molecular complexity index is 1380. The zero-order valence-electron chi connectivity index (χ0n) is 20.7. The minimum absolute atomic E-state index is 0.0189. The second kappa shape index (κ2) is 11.8. The van der Waals surface area contributed by atoms with Crippen LogP contribution >= 0.6 is 0 Å². The van der Waals surface area contributed by atoms with Crippen molar-refractivity contribution in [2.24, 2.45) is 0 Å². The summed E-state index contributed by atoms with van der Waals surface area (Å²) in [5.41, 5.74) is -0.618. The number of alkyl halides is 3. The first-order valence-corrected chi connectivity index (χ1v) is 12.3. The van der Waals surface area contributed by atoms with Crippen LogP contribution in [0.25, 0.3) is 10.8 Å². The normalized spacial score (nSPS) is 11.8. The molecule has 9 heteroatoms. The van der Waals surface area contributed by atoms with E-state index in [1.807, 2.05) is 12.1 Å². The molecule has 3 aromatic carbocycles. The predicted octanol–water partition coefficient (Wildman–Crippen LogP) is 7.82. The number of unbranched alkanes of at least 4 members (excludes halogenated alkanes) is 1. The van der Waals surface area contributed by atoms with Crippen LogP contribution in [0.15, 0.2) is 54.9 Å². The molecule has 0 bridgehead atoms. The first kappa shape index (κ1) is 27.4. The lowest BCUT2D eigenvalue weighted by Gasteiger charge is -2.12. The van der Waals surface area contributed by atoms with Gasteiger partial charge < -0.3 is 4.74 Å². The molecule has 0 unspecified atom stereocenters. The molecular formula is C29H26F6N2O. The summed E-state index contributed by atoms with van der Waals surface area (Å²) in [7, 11) is 0. The third-order valence-corrected chi connectivity index (χ3v) is 6.25. The molecule has 4 rings (SSSR count). The third-order valence-electron chi connectivity index (χ3n) is 6.25. The van der Waals surface area contributed by atoms with Crippen molar-refractivity contribution in [3.63, 3.8) is 0 Å². The Labute approximate surface area is 216 Å². The summed E-state index contributed by atoms with van der Waals surface area (Å²) in [5, 5.41) is 1.08. The molecule has 0 spiro atoms. The smallest absolute Gasteiger partial charge is 0.422 e. The SMILES string of the molecule is CCCCOc1cnc(CCc2ccc3c(F)c(CCc4cc(F)c(C(F)(F)F)c(F)c4)ccc3c2)nc1. The Morgan fingerprint density at radius 1 is 0.789 bits per heavy atom. The molecule has 200 valence electrons. The van der Waals surface area contributed by atoms with Gasteiger partial charge in [0.25, 0.3) is 0 Å². The molecular weight excluding hydrogens is 506 g/mol. The van der Waals surface area contributed by atoms with Crippen molar-refractivity contribution in [3.8, 4) is 5.75 Å². The standard InChI is InChI=1S/C29H26F6N2O/c1-2-3-12-38-22-16-36-26(37-17-22)11-6-18-5-10-23-21(13-18)9-8-20(28(23)32)7-4-19-14-24(30)27(25(31)15-19)29(33,34)35/h5,8-10,13-17H,2-4,6-7,11-12H2,1H3. The molecule has 0 N–H and O–H groups in total. The van der Waals surface area contributed by atoms with Crippen LogP contribution in [0.1, 0.15) is 47.8 Å². The molecule has 0 aliphatic rings. The molecule has 1 heterocycles. The highest BCUT2D eigenvalue weighted by molar-refractivity contribution is 5.84. The fraction of sp³-hybridized carbons (Fsp3) is 0.310. The van der Waals surface area contributed by atoms with E-state index >= 15 is 4.39 Å². The number of nitrogens with zero attached hydrogens (tertiary/aromatic N) is 2. The van der Waals surface area contributed by atoms with Crippen LogP contribution in [0.2, 0.25) is 0 Å². The Hall–Kier alpha value is -3.62. The van der Waals surface area contributed by atoms with Crippen molar-refractivity contribution in [2.75, 3.05) is 6.61 Å². The second-order valence-electron chi connectivity index (χ2n) is 9.06. The molecule has 0 radical (unpaired) electrons. The van der Waals surface area contributed by atoms with E-state index in [0.29, 0.717) is 59.5 Å². The molecule has 0 aliphatic carbocycles. The van der Waals surface area contributed by atoms with Crippen molar-refractivity contribution in [1.82, 2.24) is 9.97 Å². The Kier molecular flexibility index (Phi) is 8.54. The predicted molar refractivity (Wildman–Crippen MR) is 133 cm³/mol. The molecule has 4 aromatic rings. The summed E-state index contributed by atoms with van der Waals surface area (Å²) in [6, 6.07) is 10.0. The van der Waals surface area contributed by atoms with Gasteiger partial charge in [-0.05, 0) is 59.9 Å². The fourth-order valence-electron chi connectivity index (χ4n) is 4.19. The lowest BCUT2D eigenvalue weighted by atomic mass is 9.97. The Morgan fingerprint density at radius 2 is 1.47 bits per heavy atom. The highest BCUT2D eigenvalue weighted by Crippen LogP contribution is 2.34. The van der Waals surface area contributed by atoms with Crippen LogP contribution in [0.3, 0.4) is 0 Å². The average Bonchev–Trinajstić information content (AvgIpc) is 2.87. The van der Waals surface area contributed by atoms with Gasteiger partial charge in [-0.3, -0.25) is 0 Å². The number of hydrogen-bond acceptors (Lipinski definition) is 3. The third kappa shape index (κ3) is 6.62. The number of aromatic nitrogens is 2. The maximum atomic E-state index is 15.2. The summed E-state index contributed by atoms with van der Waals surface area (Å²) < 4.78 is 86.8. The molecule has 38 heavy (non-hydrogen) atoms. The number of aryl methyl sites for hydroxylation is 4. The Morgan fingerprint density at radius 3 is 2.13 bits per heavy atom. The summed E-state index contributed by atoms with van der Waals surface area (Å²) in [6.07, 6.45) is 1.49. The van der Waals surface area contributed by atoms with E-state index in [2.05, 4.69) is 16.9 Å². The van der Waals surface area contributed by atoms with Crippen molar-refractivity contribution < 1.29 is 31.1 Å². The maximum absolute atomic E-state index is 15.2. The molecule has 0 saturated heterocycles. The summed E-state index contributed by atoms with van der Waals surface area (Å²) in [4.78, 5) is 8.67.